The van der Waals surface area contributed by atoms with Gasteiger partial charge in [-0.1, -0.05) is 42.5 Å². The maximum Gasteiger partial charge on any atom is 0.327 e. The van der Waals surface area contributed by atoms with Gasteiger partial charge in [0.1, 0.15) is 0 Å². The summed E-state index contributed by atoms with van der Waals surface area (Å²) in [6, 6.07) is 10.0. The van der Waals surface area contributed by atoms with Gasteiger partial charge in [-0.25, -0.2) is 0 Å². The van der Waals surface area contributed by atoms with Crippen molar-refractivity contribution in [3.05, 3.63) is 42.0 Å². The third-order valence-corrected chi connectivity index (χ3v) is 4.58. The molecule has 3 nitrogen and oxygen atoms in total. The van der Waals surface area contributed by atoms with E-state index in [-0.39, 0.29) is 0 Å². The number of hydrogen-bond donors (Lipinski definition) is 0. The van der Waals surface area contributed by atoms with Crippen molar-refractivity contribution < 1.29 is 13.6 Å². The van der Waals surface area contributed by atoms with E-state index in [0.29, 0.717) is 19.8 Å². The fraction of sp³-hybridized carbons (Fsp3) is 0.385. The molecule has 0 saturated carbocycles. The molecule has 0 unspecified atom stereocenters. The topological polar surface area (TPSA) is 27.7 Å². The lowest BCUT2D eigenvalue weighted by atomic mass is 10.2. The quantitative estimate of drug-likeness (QED) is 0.675. The highest BCUT2D eigenvalue weighted by Crippen LogP contribution is 2.49. The van der Waals surface area contributed by atoms with Gasteiger partial charge in [0.25, 0.3) is 0 Å². The molecule has 1 aromatic carbocycles. The Kier molecular flexibility index (Phi) is 7.40. The Morgan fingerprint density at radius 1 is 1.06 bits per heavy atom. The molecule has 18 heavy (non-hydrogen) atoms. The molecule has 0 aliphatic rings. The Labute approximate surface area is 114 Å². The normalized spacial score (nSPS) is 12.1. The van der Waals surface area contributed by atoms with E-state index >= 15 is 0 Å². The largest absolute Gasteiger partial charge is 0.327 e. The van der Waals surface area contributed by atoms with Crippen molar-refractivity contribution in [1.82, 2.24) is 0 Å². The zero-order valence-electron chi connectivity index (χ0n) is 10.7. The predicted molar refractivity (Wildman–Crippen MR) is 79.0 cm³/mol. The standard InChI is InChI=1S/C13H19O3PS/c1-3-14-17(18,15-4-2)16-12-8-11-13-9-6-5-7-10-13/h5-11H,3-4,12H2,1-2H3/b11-8+. The summed E-state index contributed by atoms with van der Waals surface area (Å²) in [5.74, 6) is 0. The highest BCUT2D eigenvalue weighted by atomic mass is 32.5. The van der Waals surface area contributed by atoms with Crippen LogP contribution < -0.4 is 0 Å². The van der Waals surface area contributed by atoms with Gasteiger partial charge in [0.05, 0.1) is 19.8 Å². The Balaban J connectivity index is 2.44. The van der Waals surface area contributed by atoms with Crippen molar-refractivity contribution in [2.45, 2.75) is 13.8 Å². The lowest BCUT2D eigenvalue weighted by molar-refractivity contribution is 0.179. The van der Waals surface area contributed by atoms with Gasteiger partial charge in [-0.3, -0.25) is 0 Å². The van der Waals surface area contributed by atoms with E-state index in [0.717, 1.165) is 5.56 Å². The Morgan fingerprint density at radius 2 is 1.67 bits per heavy atom. The molecule has 5 heteroatoms. The van der Waals surface area contributed by atoms with Crippen molar-refractivity contribution in [3.8, 4) is 0 Å². The zero-order chi connectivity index (χ0) is 13.3. The van der Waals surface area contributed by atoms with Crippen LogP contribution in [0.25, 0.3) is 6.08 Å². The third-order valence-electron chi connectivity index (χ3n) is 2.01. The molecular formula is C13H19O3PS. The summed E-state index contributed by atoms with van der Waals surface area (Å²) in [7, 11) is 0. The fourth-order valence-electron chi connectivity index (χ4n) is 1.31. The number of rotatable bonds is 8. The van der Waals surface area contributed by atoms with E-state index in [4.69, 9.17) is 25.4 Å². The first-order valence-electron chi connectivity index (χ1n) is 5.95. The summed E-state index contributed by atoms with van der Waals surface area (Å²) in [6.07, 6.45) is 3.89. The van der Waals surface area contributed by atoms with Gasteiger partial charge in [0, 0.05) is 0 Å². The van der Waals surface area contributed by atoms with Crippen LogP contribution in [0.2, 0.25) is 0 Å². The van der Waals surface area contributed by atoms with Crippen molar-refractivity contribution in [2.24, 2.45) is 0 Å². The molecule has 0 saturated heterocycles. The average molecular weight is 286 g/mol. The second-order valence-electron chi connectivity index (χ2n) is 3.39. The van der Waals surface area contributed by atoms with Gasteiger partial charge in [0.2, 0.25) is 0 Å². The maximum absolute atomic E-state index is 5.53. The summed E-state index contributed by atoms with van der Waals surface area (Å²) in [5, 5.41) is 0. The first-order chi connectivity index (χ1) is 8.70. The lowest BCUT2D eigenvalue weighted by Crippen LogP contribution is -1.99. The maximum atomic E-state index is 5.53. The van der Waals surface area contributed by atoms with Gasteiger partial charge in [-0.05, 0) is 31.2 Å². The Morgan fingerprint density at radius 3 is 2.22 bits per heavy atom. The van der Waals surface area contributed by atoms with Crippen LogP contribution in [0.5, 0.6) is 0 Å². The van der Waals surface area contributed by atoms with Crippen molar-refractivity contribution in [1.29, 1.82) is 0 Å². The highest BCUT2D eigenvalue weighted by Gasteiger charge is 2.17. The summed E-state index contributed by atoms with van der Waals surface area (Å²) < 4.78 is 16.3. The molecule has 0 bridgehead atoms. The smallest absolute Gasteiger partial charge is 0.309 e. The minimum atomic E-state index is -2.56. The minimum absolute atomic E-state index is 0.395. The summed E-state index contributed by atoms with van der Waals surface area (Å²) >= 11 is 5.24. The SMILES string of the molecule is CCOP(=S)(OCC)OC/C=C/c1ccccc1. The summed E-state index contributed by atoms with van der Waals surface area (Å²) in [4.78, 5) is 0. The average Bonchev–Trinajstić information content (AvgIpc) is 2.37. The molecule has 0 fully saturated rings. The molecule has 0 aliphatic carbocycles. The molecular weight excluding hydrogens is 267 g/mol. The first kappa shape index (κ1) is 15.5. The van der Waals surface area contributed by atoms with E-state index in [1.807, 2.05) is 56.3 Å². The van der Waals surface area contributed by atoms with Crippen molar-refractivity contribution in [2.75, 3.05) is 19.8 Å². The molecule has 0 spiro atoms. The van der Waals surface area contributed by atoms with Crippen LogP contribution in [-0.4, -0.2) is 19.8 Å². The molecule has 0 atom stereocenters. The van der Waals surface area contributed by atoms with E-state index < -0.39 is 6.72 Å². The highest BCUT2D eigenvalue weighted by molar-refractivity contribution is 8.07. The van der Waals surface area contributed by atoms with Crippen LogP contribution in [0.15, 0.2) is 36.4 Å². The van der Waals surface area contributed by atoms with Crippen molar-refractivity contribution in [3.63, 3.8) is 0 Å². The Hall–Kier alpha value is -0.510. The van der Waals surface area contributed by atoms with Crippen LogP contribution in [0.1, 0.15) is 19.4 Å². The van der Waals surface area contributed by atoms with Gasteiger partial charge in [-0.15, -0.1) is 0 Å². The Bertz CT molecular complexity index is 396. The minimum Gasteiger partial charge on any atom is -0.309 e. The van der Waals surface area contributed by atoms with Gasteiger partial charge in [0.15, 0.2) is 0 Å². The van der Waals surface area contributed by atoms with E-state index in [2.05, 4.69) is 0 Å². The van der Waals surface area contributed by atoms with Crippen LogP contribution in [0.4, 0.5) is 0 Å². The van der Waals surface area contributed by atoms with E-state index in [9.17, 15) is 0 Å². The molecule has 0 amide bonds. The molecule has 0 N–H and O–H groups in total. The molecule has 1 rings (SSSR count). The number of benzene rings is 1. The van der Waals surface area contributed by atoms with Crippen LogP contribution in [0, 0.1) is 0 Å². The fourth-order valence-corrected chi connectivity index (χ4v) is 3.25. The molecule has 1 aromatic rings. The molecule has 0 aliphatic heterocycles. The third kappa shape index (κ3) is 5.89. The lowest BCUT2D eigenvalue weighted by Gasteiger charge is -2.19. The molecule has 0 aromatic heterocycles. The predicted octanol–water partition coefficient (Wildman–Crippen LogP) is 4.01. The monoisotopic (exact) mass is 286 g/mol. The number of hydrogen-bond acceptors (Lipinski definition) is 4. The molecule has 100 valence electrons. The van der Waals surface area contributed by atoms with Crippen LogP contribution in [0.3, 0.4) is 0 Å². The van der Waals surface area contributed by atoms with Crippen LogP contribution in [-0.2, 0) is 25.4 Å². The van der Waals surface area contributed by atoms with Gasteiger partial charge >= 0.3 is 6.72 Å². The van der Waals surface area contributed by atoms with Crippen molar-refractivity contribution >= 4 is 24.6 Å². The second-order valence-corrected chi connectivity index (χ2v) is 6.40. The van der Waals surface area contributed by atoms with E-state index in [1.165, 1.54) is 0 Å². The molecule has 0 radical (unpaired) electrons. The molecule has 0 heterocycles. The summed E-state index contributed by atoms with van der Waals surface area (Å²) in [6.45, 7) is 2.59. The van der Waals surface area contributed by atoms with Crippen LogP contribution >= 0.6 is 6.72 Å². The van der Waals surface area contributed by atoms with Gasteiger partial charge in [-0.2, -0.15) is 0 Å². The summed E-state index contributed by atoms with van der Waals surface area (Å²) in [5.41, 5.74) is 1.13. The second kappa shape index (κ2) is 8.57. The van der Waals surface area contributed by atoms with E-state index in [1.54, 1.807) is 0 Å². The zero-order valence-corrected chi connectivity index (χ0v) is 12.5. The first-order valence-corrected chi connectivity index (χ1v) is 8.51. The van der Waals surface area contributed by atoms with Gasteiger partial charge < -0.3 is 13.6 Å².